The molecule has 1 aliphatic rings. The van der Waals surface area contributed by atoms with Crippen LogP contribution in [0.5, 0.6) is 0 Å². The zero-order chi connectivity index (χ0) is 12.8. The maximum atomic E-state index is 13.9. The minimum absolute atomic E-state index is 0.00644. The summed E-state index contributed by atoms with van der Waals surface area (Å²) in [4.78, 5) is 0. The van der Waals surface area contributed by atoms with Gasteiger partial charge in [0.15, 0.2) is 0 Å². The second kappa shape index (κ2) is 6.49. The average Bonchev–Trinajstić information content (AvgIpc) is 2.38. The number of halogens is 1. The molecule has 0 bridgehead atoms. The Balaban J connectivity index is 1.81. The lowest BCUT2D eigenvalue weighted by Crippen LogP contribution is -2.15. The Hall–Kier alpha value is -0.660. The third-order valence-electron chi connectivity index (χ3n) is 3.37. The molecule has 1 fully saturated rings. The molecule has 1 aliphatic carbocycles. The lowest BCUT2D eigenvalue weighted by atomic mass is 9.98. The van der Waals surface area contributed by atoms with E-state index in [1.807, 2.05) is 30.3 Å². The summed E-state index contributed by atoms with van der Waals surface area (Å²) in [6, 6.07) is 9.55. The Bertz CT molecular complexity index is 402. The fourth-order valence-electron chi connectivity index (χ4n) is 2.35. The Morgan fingerprint density at radius 2 is 1.83 bits per heavy atom. The van der Waals surface area contributed by atoms with Crippen LogP contribution in [-0.2, 0) is 15.5 Å². The molecule has 1 saturated carbocycles. The lowest BCUT2D eigenvalue weighted by Gasteiger charge is -2.23. The molecule has 0 aliphatic heterocycles. The van der Waals surface area contributed by atoms with E-state index in [1.165, 1.54) is 6.42 Å². The quantitative estimate of drug-likeness (QED) is 0.722. The van der Waals surface area contributed by atoms with Crippen LogP contribution in [-0.4, -0.2) is 12.3 Å². The summed E-state index contributed by atoms with van der Waals surface area (Å²) in [7, 11) is -3.93. The first-order chi connectivity index (χ1) is 8.66. The minimum Gasteiger partial charge on any atom is -0.302 e. The summed E-state index contributed by atoms with van der Waals surface area (Å²) in [5.41, 5.74) is 1.00. The zero-order valence-corrected chi connectivity index (χ0v) is 11.4. The summed E-state index contributed by atoms with van der Waals surface area (Å²) in [5, 5.41) is 0. The van der Waals surface area contributed by atoms with Gasteiger partial charge in [0.25, 0.3) is 0 Å². The van der Waals surface area contributed by atoms with Gasteiger partial charge in [-0.05, 0) is 24.8 Å². The van der Waals surface area contributed by atoms with E-state index in [1.54, 1.807) is 0 Å². The summed E-state index contributed by atoms with van der Waals surface area (Å²) >= 11 is 0. The van der Waals surface area contributed by atoms with Crippen molar-refractivity contribution < 1.29 is 13.3 Å². The van der Waals surface area contributed by atoms with Gasteiger partial charge in [-0.2, -0.15) is 4.20 Å². The molecule has 0 radical (unpaired) electrons. The van der Waals surface area contributed by atoms with Crippen molar-refractivity contribution in [2.24, 2.45) is 0 Å². The van der Waals surface area contributed by atoms with Crippen molar-refractivity contribution in [1.29, 1.82) is 0 Å². The van der Waals surface area contributed by atoms with Gasteiger partial charge in [-0.25, -0.2) is 0 Å². The first-order valence-electron chi connectivity index (χ1n) is 6.67. The van der Waals surface area contributed by atoms with Gasteiger partial charge in [-0.15, -0.1) is 0 Å². The molecule has 0 unspecified atom stereocenters. The molecule has 100 valence electrons. The second-order valence-electron chi connectivity index (χ2n) is 4.91. The van der Waals surface area contributed by atoms with E-state index in [4.69, 9.17) is 4.52 Å². The van der Waals surface area contributed by atoms with Crippen LogP contribution in [0.3, 0.4) is 0 Å². The van der Waals surface area contributed by atoms with Gasteiger partial charge in [-0.3, -0.25) is 4.57 Å². The molecular formula is C14H20FO2P. The molecule has 1 aromatic rings. The molecule has 18 heavy (non-hydrogen) atoms. The van der Waals surface area contributed by atoms with Crippen LogP contribution >= 0.6 is 7.68 Å². The monoisotopic (exact) mass is 270 g/mol. The Morgan fingerprint density at radius 3 is 2.50 bits per heavy atom. The van der Waals surface area contributed by atoms with Crippen LogP contribution in [0.1, 0.15) is 37.7 Å². The molecule has 1 aromatic carbocycles. The van der Waals surface area contributed by atoms with Crippen molar-refractivity contribution in [3.05, 3.63) is 35.9 Å². The zero-order valence-electron chi connectivity index (χ0n) is 10.6. The Morgan fingerprint density at radius 1 is 1.17 bits per heavy atom. The molecular weight excluding hydrogens is 250 g/mol. The number of aryl methyl sites for hydroxylation is 1. The molecule has 1 atom stereocenters. The molecule has 0 heterocycles. The number of hydrogen-bond acceptors (Lipinski definition) is 2. The van der Waals surface area contributed by atoms with Gasteiger partial charge in [0.05, 0.1) is 12.3 Å². The van der Waals surface area contributed by atoms with Crippen molar-refractivity contribution in [1.82, 2.24) is 0 Å². The molecule has 0 aromatic heterocycles. The van der Waals surface area contributed by atoms with E-state index in [2.05, 4.69) is 0 Å². The highest BCUT2D eigenvalue weighted by Crippen LogP contribution is 2.51. The fraction of sp³-hybridized carbons (Fsp3) is 0.571. The van der Waals surface area contributed by atoms with Crippen LogP contribution in [0.2, 0.25) is 0 Å². The predicted molar refractivity (Wildman–Crippen MR) is 71.7 cm³/mol. The molecule has 4 heteroatoms. The largest absolute Gasteiger partial charge is 0.368 e. The third-order valence-corrected chi connectivity index (χ3v) is 4.74. The van der Waals surface area contributed by atoms with Gasteiger partial charge in [0.1, 0.15) is 0 Å². The van der Waals surface area contributed by atoms with Crippen LogP contribution in [0, 0.1) is 0 Å². The van der Waals surface area contributed by atoms with Gasteiger partial charge < -0.3 is 4.52 Å². The molecule has 0 saturated heterocycles. The Labute approximate surface area is 108 Å². The molecule has 0 amide bonds. The second-order valence-corrected chi connectivity index (χ2v) is 6.75. The smallest absolute Gasteiger partial charge is 0.302 e. The number of rotatable bonds is 5. The predicted octanol–water partition coefficient (Wildman–Crippen LogP) is 4.74. The summed E-state index contributed by atoms with van der Waals surface area (Å²) in [6.45, 7) is 0. The SMILES string of the molecule is O=[P@@](F)(CCc1ccccc1)OC1CCCCC1. The highest BCUT2D eigenvalue weighted by molar-refractivity contribution is 7.53. The van der Waals surface area contributed by atoms with Crippen LogP contribution < -0.4 is 0 Å². The average molecular weight is 270 g/mol. The first-order valence-corrected chi connectivity index (χ1v) is 8.37. The summed E-state index contributed by atoms with van der Waals surface area (Å²) < 4.78 is 30.8. The van der Waals surface area contributed by atoms with Crippen molar-refractivity contribution in [2.45, 2.75) is 44.6 Å². The first kappa shape index (κ1) is 13.8. The van der Waals surface area contributed by atoms with Crippen molar-refractivity contribution in [3.63, 3.8) is 0 Å². The van der Waals surface area contributed by atoms with Crippen molar-refractivity contribution >= 4 is 7.68 Å². The highest BCUT2D eigenvalue weighted by Gasteiger charge is 2.27. The topological polar surface area (TPSA) is 26.3 Å². The maximum absolute atomic E-state index is 13.9. The fourth-order valence-corrected chi connectivity index (χ4v) is 3.64. The van der Waals surface area contributed by atoms with Crippen molar-refractivity contribution in [3.8, 4) is 0 Å². The van der Waals surface area contributed by atoms with E-state index >= 15 is 0 Å². The normalized spacial score (nSPS) is 20.5. The maximum Gasteiger partial charge on any atom is 0.368 e. The van der Waals surface area contributed by atoms with Crippen LogP contribution in [0.4, 0.5) is 4.20 Å². The van der Waals surface area contributed by atoms with Gasteiger partial charge >= 0.3 is 7.68 Å². The number of hydrogen-bond donors (Lipinski definition) is 0. The van der Waals surface area contributed by atoms with Crippen molar-refractivity contribution in [2.75, 3.05) is 6.16 Å². The van der Waals surface area contributed by atoms with E-state index in [0.717, 1.165) is 31.2 Å². The summed E-state index contributed by atoms with van der Waals surface area (Å²) in [5.74, 6) is 0. The summed E-state index contributed by atoms with van der Waals surface area (Å²) in [6.07, 6.45) is 5.32. The highest BCUT2D eigenvalue weighted by atomic mass is 31.2. The van der Waals surface area contributed by atoms with Gasteiger partial charge in [0.2, 0.25) is 0 Å². The molecule has 0 N–H and O–H groups in total. The van der Waals surface area contributed by atoms with E-state index in [0.29, 0.717) is 6.42 Å². The lowest BCUT2D eigenvalue weighted by molar-refractivity contribution is 0.146. The minimum atomic E-state index is -3.93. The van der Waals surface area contributed by atoms with Gasteiger partial charge in [0, 0.05) is 0 Å². The Kier molecular flexibility index (Phi) is 4.96. The molecule has 0 spiro atoms. The standard InChI is InChI=1S/C14H20FO2P/c15-18(16,17-14-9-5-2-6-10-14)12-11-13-7-3-1-4-8-13/h1,3-4,7-8,14H,2,5-6,9-12H2/t18-/m0/s1. The van der Waals surface area contributed by atoms with E-state index < -0.39 is 7.68 Å². The molecule has 2 rings (SSSR count). The van der Waals surface area contributed by atoms with Crippen LogP contribution in [0.25, 0.3) is 0 Å². The van der Waals surface area contributed by atoms with Crippen LogP contribution in [0.15, 0.2) is 30.3 Å². The number of benzene rings is 1. The van der Waals surface area contributed by atoms with E-state index in [-0.39, 0.29) is 12.3 Å². The molecule has 2 nitrogen and oxygen atoms in total. The van der Waals surface area contributed by atoms with Gasteiger partial charge in [-0.1, -0.05) is 49.6 Å². The third kappa shape index (κ3) is 4.55. The van der Waals surface area contributed by atoms with E-state index in [9.17, 15) is 8.76 Å².